The van der Waals surface area contributed by atoms with Crippen LogP contribution in [0.1, 0.15) is 18.4 Å². The van der Waals surface area contributed by atoms with Gasteiger partial charge < -0.3 is 9.80 Å². The van der Waals surface area contributed by atoms with Crippen LogP contribution in [0.3, 0.4) is 0 Å². The Balaban J connectivity index is 1.72. The first-order chi connectivity index (χ1) is 12.1. The molecule has 0 aliphatic carbocycles. The second-order valence-electron chi connectivity index (χ2n) is 6.01. The van der Waals surface area contributed by atoms with Crippen LogP contribution in [0.4, 0.5) is 5.69 Å². The average molecular weight is 361 g/mol. The summed E-state index contributed by atoms with van der Waals surface area (Å²) in [6.45, 7) is 1.52. The van der Waals surface area contributed by atoms with Gasteiger partial charge in [-0.3, -0.25) is 19.7 Å². The number of hydrogen-bond donors (Lipinski definition) is 0. The predicted octanol–water partition coefficient (Wildman–Crippen LogP) is 2.13. The van der Waals surface area contributed by atoms with Crippen LogP contribution < -0.4 is 0 Å². The molecule has 0 spiro atoms. The zero-order chi connectivity index (χ0) is 17.8. The van der Waals surface area contributed by atoms with E-state index in [2.05, 4.69) is 0 Å². The summed E-state index contributed by atoms with van der Waals surface area (Å²) in [4.78, 5) is 39.0. The highest BCUT2D eigenvalue weighted by Gasteiger charge is 2.36. The molecule has 25 heavy (non-hydrogen) atoms. The molecule has 2 aliphatic heterocycles. The number of para-hydroxylation sites is 1. The fourth-order valence-corrected chi connectivity index (χ4v) is 4.22. The molecule has 8 heteroatoms. The first-order valence-electron chi connectivity index (χ1n) is 8.16. The Bertz CT molecular complexity index is 716. The van der Waals surface area contributed by atoms with Gasteiger partial charge >= 0.3 is 0 Å². The maximum Gasteiger partial charge on any atom is 0.276 e. The lowest BCUT2D eigenvalue weighted by molar-refractivity contribution is -0.385. The van der Waals surface area contributed by atoms with Crippen molar-refractivity contribution in [2.24, 2.45) is 0 Å². The van der Waals surface area contributed by atoms with Gasteiger partial charge in [-0.2, -0.15) is 0 Å². The molecule has 2 heterocycles. The molecule has 2 aliphatic rings. The molecule has 1 unspecified atom stereocenters. The van der Waals surface area contributed by atoms with Crippen molar-refractivity contribution in [2.45, 2.75) is 18.9 Å². The van der Waals surface area contributed by atoms with E-state index in [9.17, 15) is 19.7 Å². The largest absolute Gasteiger partial charge is 0.341 e. The van der Waals surface area contributed by atoms with Crippen molar-refractivity contribution in [2.75, 3.05) is 24.7 Å². The van der Waals surface area contributed by atoms with Crippen LogP contribution in [0.15, 0.2) is 30.3 Å². The molecule has 0 N–H and O–H groups in total. The van der Waals surface area contributed by atoms with Crippen LogP contribution in [-0.2, 0) is 9.59 Å². The number of nitro benzene ring substituents is 1. The lowest BCUT2D eigenvalue weighted by atomic mass is 10.1. The van der Waals surface area contributed by atoms with E-state index in [1.165, 1.54) is 18.2 Å². The van der Waals surface area contributed by atoms with E-state index in [0.717, 1.165) is 25.9 Å². The minimum absolute atomic E-state index is 0.00921. The highest BCUT2D eigenvalue weighted by Crippen LogP contribution is 2.25. The third-order valence-corrected chi connectivity index (χ3v) is 5.42. The summed E-state index contributed by atoms with van der Waals surface area (Å²) >= 11 is 1.55. The highest BCUT2D eigenvalue weighted by atomic mass is 32.2. The van der Waals surface area contributed by atoms with Crippen molar-refractivity contribution in [3.63, 3.8) is 0 Å². The van der Waals surface area contributed by atoms with E-state index in [-0.39, 0.29) is 17.5 Å². The third kappa shape index (κ3) is 3.84. The number of nitro groups is 1. The van der Waals surface area contributed by atoms with Crippen molar-refractivity contribution in [3.05, 3.63) is 46.0 Å². The van der Waals surface area contributed by atoms with Crippen LogP contribution in [0.5, 0.6) is 0 Å². The van der Waals surface area contributed by atoms with Gasteiger partial charge in [0.1, 0.15) is 6.04 Å². The van der Waals surface area contributed by atoms with Crippen LogP contribution in [0, 0.1) is 10.1 Å². The maximum absolute atomic E-state index is 12.6. The van der Waals surface area contributed by atoms with E-state index in [4.69, 9.17) is 0 Å². The van der Waals surface area contributed by atoms with Crippen LogP contribution in [0.2, 0.25) is 0 Å². The Morgan fingerprint density at radius 2 is 1.96 bits per heavy atom. The molecule has 0 saturated carbocycles. The minimum atomic E-state index is -0.477. The van der Waals surface area contributed by atoms with E-state index >= 15 is 0 Å². The molecule has 2 fully saturated rings. The molecular weight excluding hydrogens is 342 g/mol. The maximum atomic E-state index is 12.6. The number of carbonyl (C=O) groups excluding carboxylic acids is 2. The zero-order valence-electron chi connectivity index (χ0n) is 13.7. The summed E-state index contributed by atoms with van der Waals surface area (Å²) in [5, 5.41) is 11.0. The quantitative estimate of drug-likeness (QED) is 0.466. The van der Waals surface area contributed by atoms with Gasteiger partial charge in [0.25, 0.3) is 5.69 Å². The highest BCUT2D eigenvalue weighted by molar-refractivity contribution is 7.99. The Kier molecular flexibility index (Phi) is 5.37. The number of thioether (sulfide) groups is 1. The Hall–Kier alpha value is -2.35. The van der Waals surface area contributed by atoms with Gasteiger partial charge in [-0.05, 0) is 25.0 Å². The van der Waals surface area contributed by atoms with Crippen LogP contribution >= 0.6 is 11.8 Å². The molecule has 1 aromatic carbocycles. The van der Waals surface area contributed by atoms with E-state index < -0.39 is 11.0 Å². The van der Waals surface area contributed by atoms with Crippen molar-refractivity contribution >= 4 is 35.3 Å². The molecule has 7 nitrogen and oxygen atoms in total. The van der Waals surface area contributed by atoms with Gasteiger partial charge in [0.05, 0.1) is 16.4 Å². The fraction of sp³-hybridized carbons (Fsp3) is 0.412. The van der Waals surface area contributed by atoms with Crippen molar-refractivity contribution < 1.29 is 14.5 Å². The fourth-order valence-electron chi connectivity index (χ4n) is 3.06. The van der Waals surface area contributed by atoms with Gasteiger partial charge in [0, 0.05) is 31.0 Å². The Labute approximate surface area is 149 Å². The van der Waals surface area contributed by atoms with E-state index in [1.807, 2.05) is 4.90 Å². The number of carbonyl (C=O) groups is 2. The SMILES string of the molecule is O=C(C1CSCN1C(=O)C=Cc1ccccc1[N+](=O)[O-])N1CCCC1. The zero-order valence-corrected chi connectivity index (χ0v) is 14.5. The third-order valence-electron chi connectivity index (χ3n) is 4.41. The molecule has 132 valence electrons. The van der Waals surface area contributed by atoms with Crippen molar-refractivity contribution in [1.29, 1.82) is 0 Å². The normalized spacial score (nSPS) is 20.4. The predicted molar refractivity (Wildman–Crippen MR) is 95.9 cm³/mol. The summed E-state index contributed by atoms with van der Waals surface area (Å²) in [5.74, 6) is 0.778. The molecule has 2 amide bonds. The first kappa shape index (κ1) is 17.5. The summed E-state index contributed by atoms with van der Waals surface area (Å²) in [6, 6.07) is 5.82. The van der Waals surface area contributed by atoms with E-state index in [1.54, 1.807) is 34.9 Å². The van der Waals surface area contributed by atoms with Crippen LogP contribution in [0.25, 0.3) is 6.08 Å². The average Bonchev–Trinajstić information content (AvgIpc) is 3.30. The van der Waals surface area contributed by atoms with Crippen molar-refractivity contribution in [3.8, 4) is 0 Å². The molecule has 0 bridgehead atoms. The summed E-state index contributed by atoms with van der Waals surface area (Å²) in [5.41, 5.74) is 0.321. The Morgan fingerprint density at radius 1 is 1.24 bits per heavy atom. The topological polar surface area (TPSA) is 83.8 Å². The molecule has 1 atom stereocenters. The first-order valence-corrected chi connectivity index (χ1v) is 9.32. The Morgan fingerprint density at radius 3 is 2.68 bits per heavy atom. The lowest BCUT2D eigenvalue weighted by Gasteiger charge is -2.26. The lowest BCUT2D eigenvalue weighted by Crippen LogP contribution is -2.47. The molecule has 3 rings (SSSR count). The van der Waals surface area contributed by atoms with Crippen molar-refractivity contribution in [1.82, 2.24) is 9.80 Å². The molecule has 2 saturated heterocycles. The second-order valence-corrected chi connectivity index (χ2v) is 7.01. The van der Waals surface area contributed by atoms with Gasteiger partial charge in [-0.15, -0.1) is 11.8 Å². The minimum Gasteiger partial charge on any atom is -0.341 e. The molecule has 1 aromatic rings. The van der Waals surface area contributed by atoms with Gasteiger partial charge in [0.2, 0.25) is 11.8 Å². The van der Waals surface area contributed by atoms with Gasteiger partial charge in [-0.25, -0.2) is 0 Å². The number of likely N-dealkylation sites (tertiary alicyclic amines) is 1. The summed E-state index contributed by atoms with van der Waals surface area (Å²) in [7, 11) is 0. The van der Waals surface area contributed by atoms with Crippen LogP contribution in [-0.4, -0.2) is 57.3 Å². The molecule has 0 radical (unpaired) electrons. The molecule has 0 aromatic heterocycles. The second kappa shape index (κ2) is 7.69. The summed E-state index contributed by atoms with van der Waals surface area (Å²) in [6.07, 6.45) is 4.79. The molecular formula is C17H19N3O4S. The number of amides is 2. The number of hydrogen-bond acceptors (Lipinski definition) is 5. The standard InChI is InChI=1S/C17H19N3O4S/c21-16(8-7-13-5-1-2-6-14(13)20(23)24)19-12-25-11-15(19)17(22)18-9-3-4-10-18/h1-2,5-8,15H,3-4,9-12H2. The summed E-state index contributed by atoms with van der Waals surface area (Å²) < 4.78 is 0. The number of benzene rings is 1. The number of rotatable bonds is 4. The van der Waals surface area contributed by atoms with Gasteiger partial charge in [-0.1, -0.05) is 12.1 Å². The monoisotopic (exact) mass is 361 g/mol. The number of nitrogens with zero attached hydrogens (tertiary/aromatic N) is 3. The van der Waals surface area contributed by atoms with E-state index in [0.29, 0.717) is 17.2 Å². The smallest absolute Gasteiger partial charge is 0.276 e. The van der Waals surface area contributed by atoms with Gasteiger partial charge in [0.15, 0.2) is 0 Å².